The number of halogens is 2. The Kier molecular flexibility index (Phi) is 4.29. The van der Waals surface area contributed by atoms with Gasteiger partial charge in [0.2, 0.25) is 5.91 Å². The summed E-state index contributed by atoms with van der Waals surface area (Å²) >= 11 is 0. The van der Waals surface area contributed by atoms with Crippen LogP contribution >= 0.6 is 0 Å². The lowest BCUT2D eigenvalue weighted by Gasteiger charge is -2.12. The van der Waals surface area contributed by atoms with Crippen LogP contribution in [0.4, 0.5) is 14.5 Å². The van der Waals surface area contributed by atoms with Crippen molar-refractivity contribution in [2.75, 3.05) is 5.32 Å². The van der Waals surface area contributed by atoms with Gasteiger partial charge >= 0.3 is 0 Å². The van der Waals surface area contributed by atoms with E-state index in [1.54, 1.807) is 30.3 Å². The van der Waals surface area contributed by atoms with Gasteiger partial charge in [-0.2, -0.15) is 5.26 Å². The monoisotopic (exact) mass is 286 g/mol. The van der Waals surface area contributed by atoms with Crippen LogP contribution in [0.1, 0.15) is 17.0 Å². The second kappa shape index (κ2) is 6.14. The Bertz CT molecular complexity index is 708. The fourth-order valence-electron chi connectivity index (χ4n) is 1.90. The number of carbonyl (C=O) groups excluding carboxylic acids is 1. The van der Waals surface area contributed by atoms with Crippen molar-refractivity contribution in [1.29, 1.82) is 5.26 Å². The highest BCUT2D eigenvalue weighted by Gasteiger charge is 2.23. The zero-order valence-electron chi connectivity index (χ0n) is 11.2. The summed E-state index contributed by atoms with van der Waals surface area (Å²) in [6.45, 7) is 1.46. The van der Waals surface area contributed by atoms with Gasteiger partial charge in [0, 0.05) is 0 Å². The fourth-order valence-corrected chi connectivity index (χ4v) is 1.90. The third-order valence-electron chi connectivity index (χ3n) is 3.06. The highest BCUT2D eigenvalue weighted by molar-refractivity contribution is 5.98. The van der Waals surface area contributed by atoms with E-state index in [1.807, 2.05) is 6.07 Å². The van der Waals surface area contributed by atoms with Crippen molar-refractivity contribution in [3.8, 4) is 6.07 Å². The number of nitriles is 1. The van der Waals surface area contributed by atoms with Crippen molar-refractivity contribution < 1.29 is 13.6 Å². The van der Waals surface area contributed by atoms with Crippen molar-refractivity contribution in [1.82, 2.24) is 0 Å². The molecule has 2 rings (SSSR count). The predicted octanol–water partition coefficient (Wildman–Crippen LogP) is 3.52. The minimum atomic E-state index is -1.13. The van der Waals surface area contributed by atoms with E-state index in [1.165, 1.54) is 13.0 Å². The van der Waals surface area contributed by atoms with Gasteiger partial charge in [0.05, 0.1) is 6.07 Å². The van der Waals surface area contributed by atoms with Crippen LogP contribution in [0.25, 0.3) is 0 Å². The number of nitrogens with zero attached hydrogens (tertiary/aromatic N) is 1. The van der Waals surface area contributed by atoms with Crippen LogP contribution in [0.2, 0.25) is 0 Å². The van der Waals surface area contributed by atoms with Gasteiger partial charge in [0.15, 0.2) is 11.7 Å². The summed E-state index contributed by atoms with van der Waals surface area (Å²) in [5, 5.41) is 11.3. The quantitative estimate of drug-likeness (QED) is 0.938. The predicted molar refractivity (Wildman–Crippen MR) is 74.5 cm³/mol. The average Bonchev–Trinajstić information content (AvgIpc) is 2.49. The minimum Gasteiger partial charge on any atom is -0.320 e. The number of benzene rings is 2. The van der Waals surface area contributed by atoms with Crippen LogP contribution in [0, 0.1) is 29.9 Å². The van der Waals surface area contributed by atoms with Crippen LogP contribution in [-0.4, -0.2) is 5.91 Å². The molecule has 0 saturated carbocycles. The second-order valence-corrected chi connectivity index (χ2v) is 4.52. The molecular weight excluding hydrogens is 274 g/mol. The van der Waals surface area contributed by atoms with E-state index in [0.717, 1.165) is 6.07 Å². The van der Waals surface area contributed by atoms with Gasteiger partial charge in [-0.1, -0.05) is 36.4 Å². The van der Waals surface area contributed by atoms with Crippen LogP contribution in [0.15, 0.2) is 42.5 Å². The first-order valence-corrected chi connectivity index (χ1v) is 6.24. The van der Waals surface area contributed by atoms with E-state index in [9.17, 15) is 13.6 Å². The van der Waals surface area contributed by atoms with Crippen molar-refractivity contribution in [2.24, 2.45) is 0 Å². The van der Waals surface area contributed by atoms with Gasteiger partial charge in [0.25, 0.3) is 0 Å². The van der Waals surface area contributed by atoms with Gasteiger partial charge in [-0.25, -0.2) is 8.78 Å². The number of nitrogens with one attached hydrogen (secondary N) is 1. The number of hydrogen-bond donors (Lipinski definition) is 1. The molecule has 0 radical (unpaired) electrons. The van der Waals surface area contributed by atoms with Crippen molar-refractivity contribution in [3.63, 3.8) is 0 Å². The van der Waals surface area contributed by atoms with Crippen LogP contribution in [0.5, 0.6) is 0 Å². The van der Waals surface area contributed by atoms with Crippen molar-refractivity contribution >= 4 is 11.6 Å². The first kappa shape index (κ1) is 14.7. The highest BCUT2D eigenvalue weighted by Crippen LogP contribution is 2.24. The molecule has 0 heterocycles. The number of aryl methyl sites for hydroxylation is 1. The molecule has 1 unspecified atom stereocenters. The molecule has 3 nitrogen and oxygen atoms in total. The molecule has 0 aromatic heterocycles. The molecule has 0 aliphatic heterocycles. The molecule has 106 valence electrons. The number of rotatable bonds is 3. The molecule has 1 atom stereocenters. The van der Waals surface area contributed by atoms with Gasteiger partial charge in [-0.3, -0.25) is 4.79 Å². The first-order valence-electron chi connectivity index (χ1n) is 6.24. The first-order chi connectivity index (χ1) is 10.0. The normalized spacial score (nSPS) is 11.5. The summed E-state index contributed by atoms with van der Waals surface area (Å²) < 4.78 is 27.5. The van der Waals surface area contributed by atoms with E-state index >= 15 is 0 Å². The van der Waals surface area contributed by atoms with E-state index < -0.39 is 29.1 Å². The maximum absolute atomic E-state index is 13.9. The Morgan fingerprint density at radius 3 is 2.48 bits per heavy atom. The lowest BCUT2D eigenvalue weighted by molar-refractivity contribution is -0.116. The molecule has 1 N–H and O–H groups in total. The zero-order chi connectivity index (χ0) is 15.4. The standard InChI is InChI=1S/C16H12F2N2O/c1-10-7-8-13(17)15(14(10)18)20-16(21)12(9-19)11-5-3-2-4-6-11/h2-8,12H,1H3,(H,20,21). The number of amides is 1. The molecule has 5 heteroatoms. The fraction of sp³-hybridized carbons (Fsp3) is 0.125. The number of carbonyl (C=O) groups is 1. The van der Waals surface area contributed by atoms with Crippen LogP contribution in [0.3, 0.4) is 0 Å². The SMILES string of the molecule is Cc1ccc(F)c(NC(=O)C(C#N)c2ccccc2)c1F. The van der Waals surface area contributed by atoms with Crippen LogP contribution in [-0.2, 0) is 4.79 Å². The largest absolute Gasteiger partial charge is 0.320 e. The molecule has 0 aliphatic rings. The molecule has 21 heavy (non-hydrogen) atoms. The molecule has 0 spiro atoms. The topological polar surface area (TPSA) is 52.9 Å². The van der Waals surface area contributed by atoms with E-state index in [0.29, 0.717) is 5.56 Å². The molecule has 0 saturated heterocycles. The second-order valence-electron chi connectivity index (χ2n) is 4.52. The molecule has 0 bridgehead atoms. The average molecular weight is 286 g/mol. The Morgan fingerprint density at radius 2 is 1.86 bits per heavy atom. The molecule has 2 aromatic rings. The molecule has 0 aliphatic carbocycles. The third kappa shape index (κ3) is 3.06. The minimum absolute atomic E-state index is 0.208. The lowest BCUT2D eigenvalue weighted by atomic mass is 10.00. The highest BCUT2D eigenvalue weighted by atomic mass is 19.1. The third-order valence-corrected chi connectivity index (χ3v) is 3.06. The Balaban J connectivity index is 2.30. The lowest BCUT2D eigenvalue weighted by Crippen LogP contribution is -2.21. The maximum atomic E-state index is 13.9. The molecule has 0 fully saturated rings. The summed E-state index contributed by atoms with van der Waals surface area (Å²) in [6, 6.07) is 12.5. The zero-order valence-corrected chi connectivity index (χ0v) is 11.2. The summed E-state index contributed by atoms with van der Waals surface area (Å²) in [4.78, 5) is 12.1. The summed E-state index contributed by atoms with van der Waals surface area (Å²) in [5.41, 5.74) is 0.141. The van der Waals surface area contributed by atoms with E-state index in [4.69, 9.17) is 5.26 Å². The summed E-state index contributed by atoms with van der Waals surface area (Å²) in [5.74, 6) is -3.62. The van der Waals surface area contributed by atoms with Gasteiger partial charge in [-0.15, -0.1) is 0 Å². The number of anilines is 1. The number of hydrogen-bond acceptors (Lipinski definition) is 2. The molecule has 2 aromatic carbocycles. The Hall–Kier alpha value is -2.74. The van der Waals surface area contributed by atoms with Crippen molar-refractivity contribution in [3.05, 3.63) is 65.2 Å². The van der Waals surface area contributed by atoms with Gasteiger partial charge in [-0.05, 0) is 24.1 Å². The Labute approximate surface area is 120 Å². The molecular formula is C16H12F2N2O. The maximum Gasteiger partial charge on any atom is 0.246 e. The Morgan fingerprint density at radius 1 is 1.19 bits per heavy atom. The van der Waals surface area contributed by atoms with E-state index in [-0.39, 0.29) is 5.56 Å². The smallest absolute Gasteiger partial charge is 0.246 e. The van der Waals surface area contributed by atoms with Crippen LogP contribution < -0.4 is 5.32 Å². The summed E-state index contributed by atoms with van der Waals surface area (Å²) in [6.07, 6.45) is 0. The van der Waals surface area contributed by atoms with Gasteiger partial charge in [0.1, 0.15) is 11.5 Å². The van der Waals surface area contributed by atoms with Crippen molar-refractivity contribution in [2.45, 2.75) is 12.8 Å². The summed E-state index contributed by atoms with van der Waals surface area (Å²) in [7, 11) is 0. The van der Waals surface area contributed by atoms with E-state index in [2.05, 4.69) is 5.32 Å². The van der Waals surface area contributed by atoms with Gasteiger partial charge < -0.3 is 5.32 Å². The molecule has 1 amide bonds.